The molecule has 186 valence electrons. The Bertz CT molecular complexity index is 1250. The molecule has 0 saturated heterocycles. The Morgan fingerprint density at radius 2 is 1.66 bits per heavy atom. The minimum absolute atomic E-state index is 0.146. The van der Waals surface area contributed by atoms with Crippen molar-refractivity contribution >= 4 is 21.6 Å². The summed E-state index contributed by atoms with van der Waals surface area (Å²) in [7, 11) is -2.81. The first kappa shape index (κ1) is 26.1. The Kier molecular flexibility index (Phi) is 8.06. The van der Waals surface area contributed by atoms with Gasteiger partial charge in [0.05, 0.1) is 29.3 Å². The number of benzene rings is 3. The number of hydrogen-bond donors (Lipinski definition) is 1. The molecule has 10 heteroatoms. The van der Waals surface area contributed by atoms with E-state index >= 15 is 0 Å². The van der Waals surface area contributed by atoms with Crippen molar-refractivity contribution in [1.82, 2.24) is 5.32 Å². The van der Waals surface area contributed by atoms with Crippen molar-refractivity contribution in [2.45, 2.75) is 30.5 Å². The number of amides is 1. The highest BCUT2D eigenvalue weighted by molar-refractivity contribution is 7.92. The van der Waals surface area contributed by atoms with Crippen molar-refractivity contribution in [3.63, 3.8) is 0 Å². The number of carbonyl (C=O) groups is 1. The molecule has 1 N–H and O–H groups in total. The molecule has 3 rings (SSSR count). The van der Waals surface area contributed by atoms with Gasteiger partial charge in [0.25, 0.3) is 10.0 Å². The minimum atomic E-state index is -4.68. The van der Waals surface area contributed by atoms with Crippen LogP contribution in [0.2, 0.25) is 0 Å². The van der Waals surface area contributed by atoms with Gasteiger partial charge in [-0.25, -0.2) is 8.42 Å². The zero-order chi connectivity index (χ0) is 25.6. The molecule has 0 fully saturated rings. The summed E-state index contributed by atoms with van der Waals surface area (Å²) in [5.74, 6) is -0.0239. The van der Waals surface area contributed by atoms with E-state index in [4.69, 9.17) is 4.74 Å². The average Bonchev–Trinajstić information content (AvgIpc) is 2.86. The summed E-state index contributed by atoms with van der Waals surface area (Å²) in [6.45, 7) is 1.14. The lowest BCUT2D eigenvalue weighted by molar-refractivity contribution is -0.137. The number of sulfonamides is 1. The van der Waals surface area contributed by atoms with Gasteiger partial charge < -0.3 is 10.1 Å². The fraction of sp³-hybridized carbons (Fsp3) is 0.240. The average molecular weight is 507 g/mol. The smallest absolute Gasteiger partial charge is 0.416 e. The molecule has 0 aliphatic rings. The van der Waals surface area contributed by atoms with Crippen LogP contribution in [0.4, 0.5) is 18.9 Å². The van der Waals surface area contributed by atoms with Crippen LogP contribution >= 0.6 is 0 Å². The lowest BCUT2D eigenvalue weighted by Crippen LogP contribution is -2.42. The third-order valence-electron chi connectivity index (χ3n) is 5.34. The number of anilines is 1. The van der Waals surface area contributed by atoms with Crippen LogP contribution in [-0.4, -0.2) is 28.0 Å². The first-order valence-corrected chi connectivity index (χ1v) is 12.2. The molecule has 1 amide bonds. The summed E-state index contributed by atoms with van der Waals surface area (Å²) in [5.41, 5.74) is -0.511. The molecule has 0 unspecified atom stereocenters. The number of hydrogen-bond acceptors (Lipinski definition) is 4. The van der Waals surface area contributed by atoms with Gasteiger partial charge in [0, 0.05) is 0 Å². The van der Waals surface area contributed by atoms with Crippen molar-refractivity contribution in [1.29, 1.82) is 0 Å². The van der Waals surface area contributed by atoms with E-state index in [-0.39, 0.29) is 10.6 Å². The highest BCUT2D eigenvalue weighted by Crippen LogP contribution is 2.33. The second-order valence-electron chi connectivity index (χ2n) is 7.67. The third kappa shape index (κ3) is 6.33. The van der Waals surface area contributed by atoms with Crippen LogP contribution < -0.4 is 14.4 Å². The predicted octanol–water partition coefficient (Wildman–Crippen LogP) is 5.18. The molecule has 0 radical (unpaired) electrons. The van der Waals surface area contributed by atoms with Gasteiger partial charge in [-0.15, -0.1) is 0 Å². The Balaban J connectivity index is 1.94. The lowest BCUT2D eigenvalue weighted by Gasteiger charge is -2.26. The maximum absolute atomic E-state index is 13.4. The standard InChI is InChI=1S/C25H25F3N2O4S/c1-3-23(18-12-14-21(34-2)15-13-18)29-24(31)17-30(35(32,33)22-10-5-4-6-11-22)20-9-7-8-19(16-20)25(26,27)28/h4-16,23H,3,17H2,1-2H3,(H,29,31)/t23-/m0/s1. The fourth-order valence-corrected chi connectivity index (χ4v) is 4.93. The molecule has 6 nitrogen and oxygen atoms in total. The predicted molar refractivity (Wildman–Crippen MR) is 127 cm³/mol. The van der Waals surface area contributed by atoms with Crippen molar-refractivity contribution in [2.24, 2.45) is 0 Å². The SMILES string of the molecule is CC[C@H](NC(=O)CN(c1cccc(C(F)(F)F)c1)S(=O)(=O)c1ccccc1)c1ccc(OC)cc1. The number of alkyl halides is 3. The minimum Gasteiger partial charge on any atom is -0.497 e. The quantitative estimate of drug-likeness (QED) is 0.434. The number of halogens is 3. The van der Waals surface area contributed by atoms with Gasteiger partial charge in [0.1, 0.15) is 12.3 Å². The normalized spacial score (nSPS) is 12.6. The largest absolute Gasteiger partial charge is 0.497 e. The summed E-state index contributed by atoms with van der Waals surface area (Å²) in [6.07, 6.45) is -4.17. The van der Waals surface area contributed by atoms with Gasteiger partial charge >= 0.3 is 6.18 Å². The maximum atomic E-state index is 13.4. The van der Waals surface area contributed by atoms with Crippen LogP contribution in [0.5, 0.6) is 5.75 Å². The summed E-state index contributed by atoms with van der Waals surface area (Å²) in [5, 5.41) is 2.78. The highest BCUT2D eigenvalue weighted by Gasteiger charge is 2.33. The maximum Gasteiger partial charge on any atom is 0.416 e. The first-order chi connectivity index (χ1) is 16.6. The monoisotopic (exact) mass is 506 g/mol. The van der Waals surface area contributed by atoms with E-state index in [9.17, 15) is 26.4 Å². The second-order valence-corrected chi connectivity index (χ2v) is 9.54. The molecular formula is C25H25F3N2O4S. The zero-order valence-electron chi connectivity index (χ0n) is 19.1. The van der Waals surface area contributed by atoms with Gasteiger partial charge in [-0.2, -0.15) is 13.2 Å². The Morgan fingerprint density at radius 1 is 1.00 bits per heavy atom. The second kappa shape index (κ2) is 10.8. The van der Waals surface area contributed by atoms with Crippen molar-refractivity contribution in [3.8, 4) is 5.75 Å². The molecule has 0 aliphatic heterocycles. The Labute approximate surface area is 202 Å². The molecule has 0 saturated carbocycles. The van der Waals surface area contributed by atoms with Gasteiger partial charge in [-0.3, -0.25) is 9.10 Å². The molecule has 0 bridgehead atoms. The van der Waals surface area contributed by atoms with Gasteiger partial charge in [-0.1, -0.05) is 43.3 Å². The lowest BCUT2D eigenvalue weighted by atomic mass is 10.0. The van der Waals surface area contributed by atoms with Gasteiger partial charge in [0.15, 0.2) is 0 Å². The zero-order valence-corrected chi connectivity index (χ0v) is 19.9. The molecule has 3 aromatic rings. The highest BCUT2D eigenvalue weighted by atomic mass is 32.2. The van der Waals surface area contributed by atoms with Crippen molar-refractivity contribution in [2.75, 3.05) is 18.0 Å². The number of ether oxygens (including phenoxy) is 1. The fourth-order valence-electron chi connectivity index (χ4n) is 3.50. The molecule has 1 atom stereocenters. The van der Waals surface area contributed by atoms with Gasteiger partial charge in [0.2, 0.25) is 5.91 Å². The topological polar surface area (TPSA) is 75.7 Å². The van der Waals surface area contributed by atoms with Crippen LogP contribution in [0.15, 0.2) is 83.8 Å². The molecule has 0 aliphatic carbocycles. The van der Waals surface area contributed by atoms with E-state index in [1.165, 1.54) is 37.4 Å². The van der Waals surface area contributed by atoms with E-state index in [1.54, 1.807) is 30.3 Å². The van der Waals surface area contributed by atoms with Gasteiger partial charge in [-0.05, 0) is 54.4 Å². The Hall–Kier alpha value is -3.53. The molecule has 0 aromatic heterocycles. The summed E-state index contributed by atoms with van der Waals surface area (Å²) in [4.78, 5) is 12.8. The van der Waals surface area contributed by atoms with Crippen molar-refractivity contribution < 1.29 is 31.1 Å². The van der Waals surface area contributed by atoms with Crippen LogP contribution in [0.3, 0.4) is 0 Å². The van der Waals surface area contributed by atoms with Crippen LogP contribution in [0.1, 0.15) is 30.5 Å². The van der Waals surface area contributed by atoms with E-state index in [2.05, 4.69) is 5.32 Å². The number of nitrogens with one attached hydrogen (secondary N) is 1. The number of rotatable bonds is 9. The Morgan fingerprint density at radius 3 is 2.23 bits per heavy atom. The first-order valence-electron chi connectivity index (χ1n) is 10.7. The van der Waals surface area contributed by atoms with Crippen LogP contribution in [0.25, 0.3) is 0 Å². The third-order valence-corrected chi connectivity index (χ3v) is 7.13. The van der Waals surface area contributed by atoms with Crippen molar-refractivity contribution in [3.05, 3.63) is 90.0 Å². The number of methoxy groups -OCH3 is 1. The van der Waals surface area contributed by atoms with Crippen LogP contribution in [-0.2, 0) is 21.0 Å². The van der Waals surface area contributed by atoms with E-state index in [0.717, 1.165) is 17.7 Å². The summed E-state index contributed by atoms with van der Waals surface area (Å²) < 4.78 is 72.5. The summed E-state index contributed by atoms with van der Waals surface area (Å²) >= 11 is 0. The molecule has 35 heavy (non-hydrogen) atoms. The van der Waals surface area contributed by atoms with Crippen LogP contribution in [0, 0.1) is 0 Å². The summed E-state index contributed by atoms with van der Waals surface area (Å²) in [6, 6.07) is 17.7. The molecule has 0 spiro atoms. The number of nitrogens with zero attached hydrogens (tertiary/aromatic N) is 1. The molecule has 0 heterocycles. The van der Waals surface area contributed by atoms with E-state index < -0.39 is 40.3 Å². The molecule has 3 aromatic carbocycles. The molecular weight excluding hydrogens is 481 g/mol. The number of carbonyl (C=O) groups excluding carboxylic acids is 1. The van der Waals surface area contributed by atoms with E-state index in [0.29, 0.717) is 22.5 Å². The van der Waals surface area contributed by atoms with E-state index in [1.807, 2.05) is 6.92 Å².